The van der Waals surface area contributed by atoms with E-state index in [4.69, 9.17) is 20.9 Å². The largest absolute Gasteiger partial charge is 0.497 e. The van der Waals surface area contributed by atoms with Crippen LogP contribution in [0.1, 0.15) is 0 Å². The third kappa shape index (κ3) is 3.47. The molecule has 0 amide bonds. The van der Waals surface area contributed by atoms with Crippen molar-refractivity contribution in [2.24, 2.45) is 0 Å². The van der Waals surface area contributed by atoms with Gasteiger partial charge in [0.25, 0.3) is 11.4 Å². The summed E-state index contributed by atoms with van der Waals surface area (Å²) in [5, 5.41) is 5.98. The molecule has 0 saturated carbocycles. The Bertz CT molecular complexity index is 1460. The van der Waals surface area contributed by atoms with E-state index in [-0.39, 0.29) is 5.56 Å². The number of halogens is 1. The Morgan fingerprint density at radius 2 is 1.74 bits per heavy atom. The Kier molecular flexibility index (Phi) is 4.76. The first-order valence-corrected chi connectivity index (χ1v) is 9.91. The zero-order valence-corrected chi connectivity index (χ0v) is 17.2. The van der Waals surface area contributed by atoms with Crippen molar-refractivity contribution in [2.75, 3.05) is 7.11 Å². The van der Waals surface area contributed by atoms with E-state index in [9.17, 15) is 4.79 Å². The van der Waals surface area contributed by atoms with E-state index in [0.29, 0.717) is 39.1 Å². The molecule has 0 bridgehead atoms. The molecule has 0 radical (unpaired) electrons. The number of rotatable bonds is 4. The quantitative estimate of drug-likeness (QED) is 0.384. The summed E-state index contributed by atoms with van der Waals surface area (Å²) in [4.78, 5) is 17.7. The van der Waals surface area contributed by atoms with Crippen molar-refractivity contribution < 1.29 is 9.26 Å². The van der Waals surface area contributed by atoms with Gasteiger partial charge in [0.2, 0.25) is 5.82 Å². The maximum absolute atomic E-state index is 13.2. The average Bonchev–Trinajstić information content (AvgIpc) is 3.30. The number of pyridine rings is 1. The first-order chi connectivity index (χ1) is 15.1. The molecule has 2 heterocycles. The molecule has 0 aliphatic rings. The van der Waals surface area contributed by atoms with Gasteiger partial charge in [-0.05, 0) is 42.5 Å². The molecule has 0 unspecified atom stereocenters. The number of hydrogen-bond donors (Lipinski definition) is 0. The van der Waals surface area contributed by atoms with Crippen LogP contribution in [0.2, 0.25) is 5.02 Å². The average molecular weight is 430 g/mol. The molecule has 0 spiro atoms. The minimum atomic E-state index is -0.140. The molecule has 6 nitrogen and oxygen atoms in total. The smallest absolute Gasteiger partial charge is 0.262 e. The number of fused-ring (bicyclic) bond motifs is 1. The SMILES string of the molecule is COc1ccc(-n2cc(-c3nc(-c4cccc(Cl)c4)no3)c3ccccc3c2=O)cc1. The minimum absolute atomic E-state index is 0.140. The van der Waals surface area contributed by atoms with Crippen LogP contribution in [0.4, 0.5) is 0 Å². The van der Waals surface area contributed by atoms with Gasteiger partial charge >= 0.3 is 0 Å². The van der Waals surface area contributed by atoms with Gasteiger partial charge in [0.1, 0.15) is 5.75 Å². The summed E-state index contributed by atoms with van der Waals surface area (Å²) >= 11 is 6.09. The molecule has 5 rings (SSSR count). The number of nitrogens with zero attached hydrogens (tertiary/aromatic N) is 3. The maximum Gasteiger partial charge on any atom is 0.262 e. The molecular formula is C24H16ClN3O3. The van der Waals surface area contributed by atoms with Crippen LogP contribution in [0, 0.1) is 0 Å². The van der Waals surface area contributed by atoms with Crippen LogP contribution in [0.5, 0.6) is 5.75 Å². The lowest BCUT2D eigenvalue weighted by Gasteiger charge is -2.11. The van der Waals surface area contributed by atoms with E-state index in [0.717, 1.165) is 10.9 Å². The van der Waals surface area contributed by atoms with E-state index in [2.05, 4.69) is 10.1 Å². The molecule has 0 saturated heterocycles. The summed E-state index contributed by atoms with van der Waals surface area (Å²) in [5.41, 5.74) is 1.97. The van der Waals surface area contributed by atoms with Gasteiger partial charge in [-0.2, -0.15) is 4.98 Å². The lowest BCUT2D eigenvalue weighted by atomic mass is 10.1. The molecule has 0 N–H and O–H groups in total. The Balaban J connectivity index is 1.70. The van der Waals surface area contributed by atoms with Crippen LogP contribution >= 0.6 is 11.6 Å². The molecule has 31 heavy (non-hydrogen) atoms. The predicted molar refractivity (Wildman–Crippen MR) is 120 cm³/mol. The highest BCUT2D eigenvalue weighted by molar-refractivity contribution is 6.30. The Morgan fingerprint density at radius 3 is 2.48 bits per heavy atom. The van der Waals surface area contributed by atoms with Gasteiger partial charge < -0.3 is 9.26 Å². The Labute approximate surface area is 182 Å². The fraction of sp³-hybridized carbons (Fsp3) is 0.0417. The lowest BCUT2D eigenvalue weighted by Crippen LogP contribution is -2.18. The van der Waals surface area contributed by atoms with Crippen LogP contribution < -0.4 is 10.3 Å². The maximum atomic E-state index is 13.2. The summed E-state index contributed by atoms with van der Waals surface area (Å²) in [6.45, 7) is 0. The highest BCUT2D eigenvalue weighted by atomic mass is 35.5. The molecule has 5 aromatic rings. The van der Waals surface area contributed by atoms with Gasteiger partial charge in [0, 0.05) is 33.2 Å². The molecule has 0 atom stereocenters. The van der Waals surface area contributed by atoms with E-state index in [1.165, 1.54) is 0 Å². The monoisotopic (exact) mass is 429 g/mol. The molecule has 2 aromatic heterocycles. The first kappa shape index (κ1) is 19.1. The van der Waals surface area contributed by atoms with Crippen molar-refractivity contribution in [3.63, 3.8) is 0 Å². The number of ether oxygens (including phenoxy) is 1. The zero-order valence-electron chi connectivity index (χ0n) is 16.4. The van der Waals surface area contributed by atoms with Crippen LogP contribution in [-0.4, -0.2) is 21.8 Å². The third-order valence-corrected chi connectivity index (χ3v) is 5.25. The van der Waals surface area contributed by atoms with Gasteiger partial charge in [-0.1, -0.05) is 47.1 Å². The molecule has 0 aliphatic carbocycles. The highest BCUT2D eigenvalue weighted by Crippen LogP contribution is 2.29. The zero-order chi connectivity index (χ0) is 21.4. The fourth-order valence-corrected chi connectivity index (χ4v) is 3.66. The van der Waals surface area contributed by atoms with Crippen molar-refractivity contribution in [3.05, 3.63) is 94.4 Å². The molecular weight excluding hydrogens is 414 g/mol. The molecule has 7 heteroatoms. The van der Waals surface area contributed by atoms with E-state index in [1.54, 1.807) is 48.2 Å². The van der Waals surface area contributed by atoms with Crippen LogP contribution in [0.15, 0.2) is 88.3 Å². The molecule has 152 valence electrons. The van der Waals surface area contributed by atoms with E-state index < -0.39 is 0 Å². The summed E-state index contributed by atoms with van der Waals surface area (Å²) in [6, 6.07) is 21.9. The molecule has 3 aromatic carbocycles. The highest BCUT2D eigenvalue weighted by Gasteiger charge is 2.17. The Hall–Kier alpha value is -3.90. The normalized spacial score (nSPS) is 11.0. The predicted octanol–water partition coefficient (Wildman–Crippen LogP) is 5.37. The summed E-state index contributed by atoms with van der Waals surface area (Å²) in [5.74, 6) is 1.44. The van der Waals surface area contributed by atoms with Gasteiger partial charge in [0.05, 0.1) is 12.7 Å². The second-order valence-electron chi connectivity index (χ2n) is 6.90. The lowest BCUT2D eigenvalue weighted by molar-refractivity contribution is 0.414. The number of hydrogen-bond acceptors (Lipinski definition) is 5. The van der Waals surface area contributed by atoms with Crippen molar-refractivity contribution in [1.82, 2.24) is 14.7 Å². The fourth-order valence-electron chi connectivity index (χ4n) is 3.47. The topological polar surface area (TPSA) is 70.2 Å². The number of methoxy groups -OCH3 is 1. The first-order valence-electron chi connectivity index (χ1n) is 9.53. The number of aromatic nitrogens is 3. The van der Waals surface area contributed by atoms with Crippen molar-refractivity contribution in [2.45, 2.75) is 0 Å². The van der Waals surface area contributed by atoms with Crippen molar-refractivity contribution in [1.29, 1.82) is 0 Å². The van der Waals surface area contributed by atoms with Crippen molar-refractivity contribution in [3.8, 4) is 34.3 Å². The second-order valence-corrected chi connectivity index (χ2v) is 7.33. The van der Waals surface area contributed by atoms with Gasteiger partial charge in [-0.15, -0.1) is 0 Å². The van der Waals surface area contributed by atoms with Gasteiger partial charge in [-0.25, -0.2) is 0 Å². The third-order valence-electron chi connectivity index (χ3n) is 5.01. The summed E-state index contributed by atoms with van der Waals surface area (Å²) in [7, 11) is 1.60. The van der Waals surface area contributed by atoms with Crippen molar-refractivity contribution >= 4 is 22.4 Å². The van der Waals surface area contributed by atoms with Gasteiger partial charge in [-0.3, -0.25) is 9.36 Å². The Morgan fingerprint density at radius 1 is 0.968 bits per heavy atom. The van der Waals surface area contributed by atoms with Gasteiger partial charge in [0.15, 0.2) is 0 Å². The van der Waals surface area contributed by atoms with E-state index in [1.807, 2.05) is 42.5 Å². The standard InChI is InChI=1S/C24H16ClN3O3/c1-30-18-11-9-17(10-12-18)28-14-21(19-7-2-3-8-20(19)24(28)29)23-26-22(27-31-23)15-5-4-6-16(25)13-15/h2-14H,1H3. The van der Waals surface area contributed by atoms with Crippen LogP contribution in [0.3, 0.4) is 0 Å². The minimum Gasteiger partial charge on any atom is -0.497 e. The number of benzene rings is 3. The second kappa shape index (κ2) is 7.74. The summed E-state index contributed by atoms with van der Waals surface area (Å²) < 4.78 is 12.4. The van der Waals surface area contributed by atoms with Crippen LogP contribution in [-0.2, 0) is 0 Å². The molecule has 0 fully saturated rings. The van der Waals surface area contributed by atoms with Crippen LogP contribution in [0.25, 0.3) is 39.3 Å². The summed E-state index contributed by atoms with van der Waals surface area (Å²) in [6.07, 6.45) is 1.72. The van der Waals surface area contributed by atoms with E-state index >= 15 is 0 Å². The molecule has 0 aliphatic heterocycles.